The third kappa shape index (κ3) is 5.59. The van der Waals surface area contributed by atoms with E-state index in [1.54, 1.807) is 24.3 Å². The molecule has 0 aliphatic carbocycles. The van der Waals surface area contributed by atoms with E-state index in [9.17, 15) is 31.5 Å². The summed E-state index contributed by atoms with van der Waals surface area (Å²) in [6, 6.07) is 13.0. The zero-order valence-corrected chi connectivity index (χ0v) is 18.3. The van der Waals surface area contributed by atoms with Gasteiger partial charge in [-0.05, 0) is 73.2 Å². The number of hydrogen-bond donors (Lipinski definition) is 1. The van der Waals surface area contributed by atoms with E-state index < -0.39 is 29.3 Å². The van der Waals surface area contributed by atoms with Gasteiger partial charge in [-0.1, -0.05) is 0 Å². The molecule has 182 valence electrons. The van der Waals surface area contributed by atoms with Gasteiger partial charge >= 0.3 is 12.2 Å². The van der Waals surface area contributed by atoms with Crippen LogP contribution in [0.15, 0.2) is 66.7 Å². The minimum Gasteiger partial charge on any atom is -0.322 e. The van der Waals surface area contributed by atoms with Gasteiger partial charge in [-0.25, -0.2) is 13.6 Å². The lowest BCUT2D eigenvalue weighted by Gasteiger charge is -2.35. The first-order valence-corrected chi connectivity index (χ1v) is 10.7. The molecular weight excluding hydrogens is 469 g/mol. The Balaban J connectivity index is 1.41. The Morgan fingerprint density at radius 2 is 1.60 bits per heavy atom. The third-order valence-corrected chi connectivity index (χ3v) is 5.59. The molecule has 3 amide bonds. The number of nitrogens with one attached hydrogen (secondary N) is 1. The number of benzene rings is 3. The summed E-state index contributed by atoms with van der Waals surface area (Å²) in [5.74, 6) is -1.76. The molecule has 1 aliphatic heterocycles. The highest BCUT2D eigenvalue weighted by Crippen LogP contribution is 2.29. The molecule has 35 heavy (non-hydrogen) atoms. The first-order valence-electron chi connectivity index (χ1n) is 10.7. The maximum atomic E-state index is 14.0. The Bertz CT molecular complexity index is 1230. The average molecular weight is 489 g/mol. The van der Waals surface area contributed by atoms with Crippen molar-refractivity contribution in [3.8, 4) is 0 Å². The molecule has 1 aliphatic rings. The lowest BCUT2D eigenvalue weighted by Crippen LogP contribution is -2.49. The van der Waals surface area contributed by atoms with Crippen molar-refractivity contribution in [1.82, 2.24) is 4.90 Å². The highest BCUT2D eigenvalue weighted by molar-refractivity contribution is 6.04. The molecule has 0 atom stereocenters. The summed E-state index contributed by atoms with van der Waals surface area (Å²) in [4.78, 5) is 28.3. The Kier molecular flexibility index (Phi) is 6.72. The van der Waals surface area contributed by atoms with E-state index in [-0.39, 0.29) is 23.7 Å². The van der Waals surface area contributed by atoms with Gasteiger partial charge < -0.3 is 10.2 Å². The van der Waals surface area contributed by atoms with E-state index >= 15 is 0 Å². The van der Waals surface area contributed by atoms with Gasteiger partial charge in [0.25, 0.3) is 5.91 Å². The van der Waals surface area contributed by atoms with Crippen molar-refractivity contribution in [2.24, 2.45) is 0 Å². The van der Waals surface area contributed by atoms with E-state index in [4.69, 9.17) is 0 Å². The third-order valence-electron chi connectivity index (χ3n) is 5.59. The summed E-state index contributed by atoms with van der Waals surface area (Å²) < 4.78 is 65.6. The largest absolute Gasteiger partial charge is 0.416 e. The van der Waals surface area contributed by atoms with Crippen molar-refractivity contribution in [2.75, 3.05) is 23.3 Å². The van der Waals surface area contributed by atoms with Crippen LogP contribution in [0.5, 0.6) is 0 Å². The molecule has 1 heterocycles. The Morgan fingerprint density at radius 3 is 2.26 bits per heavy atom. The summed E-state index contributed by atoms with van der Waals surface area (Å²) >= 11 is 0. The first kappa shape index (κ1) is 24.2. The van der Waals surface area contributed by atoms with Gasteiger partial charge in [-0.2, -0.15) is 13.2 Å². The molecule has 5 nitrogen and oxygen atoms in total. The molecule has 10 heteroatoms. The van der Waals surface area contributed by atoms with Crippen molar-refractivity contribution in [3.05, 3.63) is 95.1 Å². The second-order valence-corrected chi connectivity index (χ2v) is 8.02. The Hall–Kier alpha value is -3.95. The van der Waals surface area contributed by atoms with Crippen LogP contribution in [0.3, 0.4) is 0 Å². The fourth-order valence-electron chi connectivity index (χ4n) is 3.78. The molecule has 0 radical (unpaired) electrons. The molecule has 4 rings (SSSR count). The van der Waals surface area contributed by atoms with Gasteiger partial charge in [-0.15, -0.1) is 0 Å². The molecule has 0 bridgehead atoms. The normalized spacial score (nSPS) is 14.3. The van der Waals surface area contributed by atoms with Crippen LogP contribution in [-0.2, 0) is 12.7 Å². The number of hydrogen-bond acceptors (Lipinski definition) is 2. The van der Waals surface area contributed by atoms with Crippen molar-refractivity contribution in [1.29, 1.82) is 0 Å². The van der Waals surface area contributed by atoms with Gasteiger partial charge in [0.15, 0.2) is 0 Å². The van der Waals surface area contributed by atoms with E-state index in [1.165, 1.54) is 9.80 Å². The number of alkyl halides is 3. The number of carbonyl (C=O) groups excluding carboxylic acids is 2. The number of anilines is 2. The topological polar surface area (TPSA) is 52.7 Å². The van der Waals surface area contributed by atoms with Gasteiger partial charge in [0.1, 0.15) is 11.6 Å². The molecule has 0 saturated carbocycles. The maximum absolute atomic E-state index is 14.0. The number of carbonyl (C=O) groups is 2. The monoisotopic (exact) mass is 489 g/mol. The minimum absolute atomic E-state index is 0.0634. The number of nitrogens with zero attached hydrogens (tertiary/aromatic N) is 2. The lowest BCUT2D eigenvalue weighted by molar-refractivity contribution is -0.137. The van der Waals surface area contributed by atoms with Crippen LogP contribution >= 0.6 is 0 Å². The number of halogens is 5. The van der Waals surface area contributed by atoms with Gasteiger partial charge in [-0.3, -0.25) is 9.69 Å². The van der Waals surface area contributed by atoms with E-state index in [0.717, 1.165) is 42.5 Å². The second kappa shape index (κ2) is 9.73. The summed E-state index contributed by atoms with van der Waals surface area (Å²) in [7, 11) is 0. The summed E-state index contributed by atoms with van der Waals surface area (Å²) in [6.07, 6.45) is -3.87. The van der Waals surface area contributed by atoms with Crippen LogP contribution in [0.25, 0.3) is 0 Å². The predicted octanol–water partition coefficient (Wildman–Crippen LogP) is 6.07. The van der Waals surface area contributed by atoms with Crippen LogP contribution in [0.1, 0.15) is 27.9 Å². The van der Waals surface area contributed by atoms with Crippen LogP contribution in [0.2, 0.25) is 0 Å². The molecule has 1 N–H and O–H groups in total. The fourth-order valence-corrected chi connectivity index (χ4v) is 3.78. The summed E-state index contributed by atoms with van der Waals surface area (Å²) in [6.45, 7) is 0.755. The molecule has 1 saturated heterocycles. The number of amides is 3. The summed E-state index contributed by atoms with van der Waals surface area (Å²) in [5.41, 5.74) is 0.238. The minimum atomic E-state index is -4.49. The second-order valence-electron chi connectivity index (χ2n) is 8.02. The van der Waals surface area contributed by atoms with E-state index in [2.05, 4.69) is 5.32 Å². The van der Waals surface area contributed by atoms with Crippen LogP contribution in [0.4, 0.5) is 38.1 Å². The predicted molar refractivity (Wildman–Crippen MR) is 120 cm³/mol. The van der Waals surface area contributed by atoms with Crippen molar-refractivity contribution < 1.29 is 31.5 Å². The molecule has 3 aromatic rings. The van der Waals surface area contributed by atoms with E-state index in [0.29, 0.717) is 30.9 Å². The smallest absolute Gasteiger partial charge is 0.322 e. The Labute approximate surface area is 197 Å². The lowest BCUT2D eigenvalue weighted by atomic mass is 10.1. The Morgan fingerprint density at radius 1 is 0.914 bits per heavy atom. The molecular formula is C25H20F5N3O2. The SMILES string of the molecule is O=C(Nc1ccc(N2CCCN(Cc3cc(F)ccc3F)C2=O)cc1)c1ccc(C(F)(F)F)cc1. The number of rotatable bonds is 5. The van der Waals surface area contributed by atoms with E-state index in [1.807, 2.05) is 0 Å². The van der Waals surface area contributed by atoms with Crippen molar-refractivity contribution in [3.63, 3.8) is 0 Å². The molecule has 3 aromatic carbocycles. The number of urea groups is 1. The standard InChI is InChI=1S/C25H20F5N3O2/c26-19-6-11-22(27)17(14-19)15-32-12-1-13-33(24(32)35)21-9-7-20(8-10-21)31-23(34)16-2-4-18(5-3-16)25(28,29)30/h2-11,14H,1,12-13,15H2,(H,31,34). The van der Waals surface area contributed by atoms with Gasteiger partial charge in [0.05, 0.1) is 12.1 Å². The molecule has 1 fully saturated rings. The molecule has 0 unspecified atom stereocenters. The molecule has 0 spiro atoms. The van der Waals surface area contributed by atoms with Crippen LogP contribution in [0, 0.1) is 11.6 Å². The highest BCUT2D eigenvalue weighted by atomic mass is 19.4. The maximum Gasteiger partial charge on any atom is 0.416 e. The average Bonchev–Trinajstić information content (AvgIpc) is 2.83. The van der Waals surface area contributed by atoms with Crippen LogP contribution < -0.4 is 10.2 Å². The first-order chi connectivity index (χ1) is 16.6. The zero-order valence-electron chi connectivity index (χ0n) is 18.3. The van der Waals surface area contributed by atoms with Crippen molar-refractivity contribution in [2.45, 2.75) is 19.1 Å². The quantitative estimate of drug-likeness (QED) is 0.443. The molecule has 0 aromatic heterocycles. The van der Waals surface area contributed by atoms with Gasteiger partial charge in [0.2, 0.25) is 0 Å². The van der Waals surface area contributed by atoms with Crippen molar-refractivity contribution >= 4 is 23.3 Å². The summed E-state index contributed by atoms with van der Waals surface area (Å²) in [5, 5.41) is 2.60. The van der Waals surface area contributed by atoms with Crippen LogP contribution in [-0.4, -0.2) is 29.9 Å². The zero-order chi connectivity index (χ0) is 25.2. The highest BCUT2D eigenvalue weighted by Gasteiger charge is 2.30. The van der Waals surface area contributed by atoms with Gasteiger partial charge in [0, 0.05) is 35.6 Å². The fraction of sp³-hybridized carbons (Fsp3) is 0.200.